The highest BCUT2D eigenvalue weighted by molar-refractivity contribution is 7.99. The van der Waals surface area contributed by atoms with Crippen molar-refractivity contribution in [2.24, 2.45) is 0 Å². The molecule has 2 nitrogen and oxygen atoms in total. The van der Waals surface area contributed by atoms with Gasteiger partial charge in [0.2, 0.25) is 0 Å². The minimum Gasteiger partial charge on any atom is -0.292 e. The summed E-state index contributed by atoms with van der Waals surface area (Å²) in [5.74, 6) is -0.00272. The number of benzene rings is 2. The van der Waals surface area contributed by atoms with Crippen LogP contribution in [0.4, 0.5) is 0 Å². The summed E-state index contributed by atoms with van der Waals surface area (Å²) in [4.78, 5) is 17.5. The standard InChI is InChI=1S/C18H14ClNOS2/c1-22-17(16(21)13-9-5-6-10-14(13)19)18-20-15(11-23-18)12-7-3-2-4-8-12/h2-11,17H,1H3. The number of thiazole rings is 1. The second-order valence-corrected chi connectivity index (χ2v) is 7.14. The van der Waals surface area contributed by atoms with Crippen LogP contribution < -0.4 is 0 Å². The Labute approximate surface area is 148 Å². The minimum atomic E-state index is -0.336. The molecular formula is C18H14ClNOS2. The van der Waals surface area contributed by atoms with Gasteiger partial charge in [-0.2, -0.15) is 0 Å². The number of ketones is 1. The molecule has 3 aromatic rings. The van der Waals surface area contributed by atoms with E-state index in [1.54, 1.807) is 12.1 Å². The number of nitrogens with zero attached hydrogens (tertiary/aromatic N) is 1. The van der Waals surface area contributed by atoms with Crippen molar-refractivity contribution in [1.82, 2.24) is 4.98 Å². The van der Waals surface area contributed by atoms with Crippen molar-refractivity contribution in [3.63, 3.8) is 0 Å². The van der Waals surface area contributed by atoms with E-state index in [-0.39, 0.29) is 11.0 Å². The van der Waals surface area contributed by atoms with Crippen LogP contribution in [0.1, 0.15) is 20.6 Å². The number of hydrogen-bond donors (Lipinski definition) is 0. The maximum atomic E-state index is 12.8. The molecule has 0 N–H and O–H groups in total. The van der Waals surface area contributed by atoms with E-state index < -0.39 is 0 Å². The molecule has 0 spiro atoms. The van der Waals surface area contributed by atoms with Gasteiger partial charge in [0, 0.05) is 16.5 Å². The van der Waals surface area contributed by atoms with Gasteiger partial charge in [-0.15, -0.1) is 23.1 Å². The third-order valence-corrected chi connectivity index (χ3v) is 5.73. The Hall–Kier alpha value is -1.62. The van der Waals surface area contributed by atoms with Crippen LogP contribution in [0.15, 0.2) is 60.0 Å². The molecule has 0 aliphatic carbocycles. The zero-order chi connectivity index (χ0) is 16.2. The molecule has 5 heteroatoms. The summed E-state index contributed by atoms with van der Waals surface area (Å²) in [7, 11) is 0. The van der Waals surface area contributed by atoms with E-state index in [0.29, 0.717) is 10.6 Å². The highest BCUT2D eigenvalue weighted by Crippen LogP contribution is 2.36. The third kappa shape index (κ3) is 3.50. The highest BCUT2D eigenvalue weighted by atomic mass is 35.5. The molecule has 0 saturated heterocycles. The van der Waals surface area contributed by atoms with Crippen LogP contribution in [0.3, 0.4) is 0 Å². The third-order valence-electron chi connectivity index (χ3n) is 3.43. The first-order valence-corrected chi connectivity index (χ1v) is 9.57. The van der Waals surface area contributed by atoms with Gasteiger partial charge >= 0.3 is 0 Å². The molecule has 0 radical (unpaired) electrons. The first-order valence-electron chi connectivity index (χ1n) is 7.03. The van der Waals surface area contributed by atoms with Crippen LogP contribution in [0, 0.1) is 0 Å². The maximum absolute atomic E-state index is 12.8. The molecule has 0 fully saturated rings. The summed E-state index contributed by atoms with van der Waals surface area (Å²) in [5, 5.41) is 2.95. The first-order chi connectivity index (χ1) is 11.2. The Balaban J connectivity index is 1.92. The van der Waals surface area contributed by atoms with Crippen LogP contribution in [0.5, 0.6) is 0 Å². The predicted octanol–water partition coefficient (Wildman–Crippen LogP) is 5.75. The van der Waals surface area contributed by atoms with Crippen LogP contribution in [0.2, 0.25) is 5.02 Å². The van der Waals surface area contributed by atoms with Gasteiger partial charge in [-0.25, -0.2) is 4.98 Å². The lowest BCUT2D eigenvalue weighted by Gasteiger charge is -2.11. The number of aromatic nitrogens is 1. The lowest BCUT2D eigenvalue weighted by atomic mass is 10.1. The van der Waals surface area contributed by atoms with E-state index in [2.05, 4.69) is 4.98 Å². The molecular weight excluding hydrogens is 346 g/mol. The average molecular weight is 360 g/mol. The molecule has 1 atom stereocenters. The Bertz CT molecular complexity index is 817. The van der Waals surface area contributed by atoms with Crippen molar-refractivity contribution in [3.8, 4) is 11.3 Å². The average Bonchev–Trinajstić information content (AvgIpc) is 3.06. The van der Waals surface area contributed by atoms with Gasteiger partial charge in [0.15, 0.2) is 5.78 Å². The fourth-order valence-electron chi connectivity index (χ4n) is 2.27. The summed E-state index contributed by atoms with van der Waals surface area (Å²) in [6.45, 7) is 0. The molecule has 0 saturated carbocycles. The Morgan fingerprint density at radius 1 is 1.13 bits per heavy atom. The summed E-state index contributed by atoms with van der Waals surface area (Å²) >= 11 is 9.15. The molecule has 0 bridgehead atoms. The van der Waals surface area contributed by atoms with E-state index in [1.807, 2.05) is 54.1 Å². The van der Waals surface area contributed by atoms with Crippen LogP contribution in [-0.4, -0.2) is 17.0 Å². The molecule has 23 heavy (non-hydrogen) atoms. The van der Waals surface area contributed by atoms with Crippen molar-refractivity contribution in [1.29, 1.82) is 0 Å². The molecule has 1 unspecified atom stereocenters. The van der Waals surface area contributed by atoms with E-state index in [4.69, 9.17) is 11.6 Å². The Morgan fingerprint density at radius 2 is 1.83 bits per heavy atom. The summed E-state index contributed by atoms with van der Waals surface area (Å²) < 4.78 is 0. The largest absolute Gasteiger partial charge is 0.292 e. The van der Waals surface area contributed by atoms with E-state index in [0.717, 1.165) is 16.3 Å². The van der Waals surface area contributed by atoms with E-state index in [9.17, 15) is 4.79 Å². The zero-order valence-corrected chi connectivity index (χ0v) is 14.8. The quantitative estimate of drug-likeness (QED) is 0.543. The number of thioether (sulfide) groups is 1. The van der Waals surface area contributed by atoms with Gasteiger partial charge in [0.1, 0.15) is 10.3 Å². The van der Waals surface area contributed by atoms with Gasteiger partial charge in [-0.05, 0) is 18.4 Å². The second kappa shape index (κ2) is 7.30. The number of carbonyl (C=O) groups is 1. The minimum absolute atomic E-state index is 0.00272. The number of Topliss-reactive ketones (excluding diaryl/α,β-unsaturated/α-hetero) is 1. The fourth-order valence-corrected chi connectivity index (χ4v) is 4.35. The van der Waals surface area contributed by atoms with E-state index >= 15 is 0 Å². The Morgan fingerprint density at radius 3 is 2.52 bits per heavy atom. The number of rotatable bonds is 5. The smallest absolute Gasteiger partial charge is 0.184 e. The van der Waals surface area contributed by atoms with Crippen molar-refractivity contribution in [3.05, 3.63) is 75.6 Å². The molecule has 0 aliphatic rings. The van der Waals surface area contributed by atoms with Gasteiger partial charge in [0.25, 0.3) is 0 Å². The molecule has 3 rings (SSSR count). The molecule has 116 valence electrons. The van der Waals surface area contributed by atoms with Crippen molar-refractivity contribution in [2.75, 3.05) is 6.26 Å². The first kappa shape index (κ1) is 16.2. The predicted molar refractivity (Wildman–Crippen MR) is 99.6 cm³/mol. The molecule has 0 amide bonds. The highest BCUT2D eigenvalue weighted by Gasteiger charge is 2.25. The number of hydrogen-bond acceptors (Lipinski definition) is 4. The normalized spacial score (nSPS) is 12.1. The van der Waals surface area contributed by atoms with Crippen molar-refractivity contribution >= 4 is 40.5 Å². The summed E-state index contributed by atoms with van der Waals surface area (Å²) in [5.41, 5.74) is 2.50. The zero-order valence-electron chi connectivity index (χ0n) is 12.4. The van der Waals surface area contributed by atoms with Crippen molar-refractivity contribution in [2.45, 2.75) is 5.25 Å². The lowest BCUT2D eigenvalue weighted by Crippen LogP contribution is -2.10. The molecule has 0 aliphatic heterocycles. The summed E-state index contributed by atoms with van der Waals surface area (Å²) in [6.07, 6.45) is 1.92. The number of carbonyl (C=O) groups excluding carboxylic acids is 1. The SMILES string of the molecule is CSC(C(=O)c1ccccc1Cl)c1nc(-c2ccccc2)cs1. The molecule has 1 heterocycles. The molecule has 1 aromatic heterocycles. The van der Waals surface area contributed by atoms with Gasteiger partial charge < -0.3 is 0 Å². The fraction of sp³-hybridized carbons (Fsp3) is 0.111. The topological polar surface area (TPSA) is 30.0 Å². The van der Waals surface area contributed by atoms with Gasteiger partial charge in [-0.1, -0.05) is 54.1 Å². The summed E-state index contributed by atoms with van der Waals surface area (Å²) in [6, 6.07) is 17.1. The molecule has 2 aromatic carbocycles. The van der Waals surface area contributed by atoms with Crippen LogP contribution >= 0.6 is 34.7 Å². The number of halogens is 1. The van der Waals surface area contributed by atoms with Gasteiger partial charge in [0.05, 0.1) is 10.7 Å². The van der Waals surface area contributed by atoms with Gasteiger partial charge in [-0.3, -0.25) is 4.79 Å². The maximum Gasteiger partial charge on any atom is 0.184 e. The Kier molecular flexibility index (Phi) is 5.16. The van der Waals surface area contributed by atoms with E-state index in [1.165, 1.54) is 23.1 Å². The monoisotopic (exact) mass is 359 g/mol. The lowest BCUT2D eigenvalue weighted by molar-refractivity contribution is 0.0990. The second-order valence-electron chi connectivity index (χ2n) is 4.90. The van der Waals surface area contributed by atoms with Crippen LogP contribution in [-0.2, 0) is 0 Å². The van der Waals surface area contributed by atoms with Crippen LogP contribution in [0.25, 0.3) is 11.3 Å². The van der Waals surface area contributed by atoms with Crippen molar-refractivity contribution < 1.29 is 4.79 Å².